The highest BCUT2D eigenvalue weighted by Gasteiger charge is 2.32. The summed E-state index contributed by atoms with van der Waals surface area (Å²) in [6.45, 7) is 6.88. The molecule has 0 aromatic heterocycles. The first-order chi connectivity index (χ1) is 7.47. The second-order valence-corrected chi connectivity index (χ2v) is 4.19. The maximum absolute atomic E-state index is 11.7. The quantitative estimate of drug-likeness (QED) is 0.698. The summed E-state index contributed by atoms with van der Waals surface area (Å²) in [5.74, 6) is -0.408. The molecule has 16 heavy (non-hydrogen) atoms. The molecule has 1 aliphatic heterocycles. The normalized spacial score (nSPS) is 16.2. The zero-order valence-corrected chi connectivity index (χ0v) is 9.95. The Balaban J connectivity index is 2.74. The van der Waals surface area contributed by atoms with Crippen molar-refractivity contribution in [3.05, 3.63) is 11.3 Å². The largest absolute Gasteiger partial charge is 0.463 e. The lowest BCUT2D eigenvalue weighted by Crippen LogP contribution is -2.32. The van der Waals surface area contributed by atoms with Gasteiger partial charge in [0.05, 0.1) is 18.7 Å². The number of hydrogen-bond acceptors (Lipinski definition) is 4. The van der Waals surface area contributed by atoms with Crippen molar-refractivity contribution in [2.24, 2.45) is 11.7 Å². The lowest BCUT2D eigenvalue weighted by atomic mass is 10.2. The van der Waals surface area contributed by atoms with Crippen molar-refractivity contribution in [2.45, 2.75) is 20.8 Å². The summed E-state index contributed by atoms with van der Waals surface area (Å²) >= 11 is 0. The van der Waals surface area contributed by atoms with E-state index in [4.69, 9.17) is 10.5 Å². The first-order valence-corrected chi connectivity index (χ1v) is 5.42. The van der Waals surface area contributed by atoms with E-state index < -0.39 is 5.97 Å². The molecule has 1 rings (SSSR count). The molecule has 0 saturated heterocycles. The molecule has 0 aromatic carbocycles. The fourth-order valence-corrected chi connectivity index (χ4v) is 1.63. The van der Waals surface area contributed by atoms with Crippen LogP contribution in [-0.2, 0) is 14.3 Å². The van der Waals surface area contributed by atoms with E-state index in [2.05, 4.69) is 0 Å². The van der Waals surface area contributed by atoms with Gasteiger partial charge in [0.15, 0.2) is 0 Å². The average molecular weight is 226 g/mol. The second kappa shape index (κ2) is 5.01. The Labute approximate surface area is 95.2 Å². The Bertz CT molecular complexity index is 334. The lowest BCUT2D eigenvalue weighted by molar-refractivity contribution is -0.138. The molecule has 0 spiro atoms. The molecule has 0 unspecified atom stereocenters. The first kappa shape index (κ1) is 12.5. The van der Waals surface area contributed by atoms with Gasteiger partial charge in [-0.15, -0.1) is 0 Å². The lowest BCUT2D eigenvalue weighted by Gasteiger charge is -2.18. The molecule has 90 valence electrons. The summed E-state index contributed by atoms with van der Waals surface area (Å²) in [6.07, 6.45) is 0. The highest BCUT2D eigenvalue weighted by molar-refractivity contribution is 6.06. The Morgan fingerprint density at radius 3 is 2.69 bits per heavy atom. The molecule has 0 aliphatic carbocycles. The molecule has 1 heterocycles. The third-order valence-electron chi connectivity index (χ3n) is 2.30. The van der Waals surface area contributed by atoms with Gasteiger partial charge in [-0.3, -0.25) is 4.79 Å². The molecular weight excluding hydrogens is 208 g/mol. The summed E-state index contributed by atoms with van der Waals surface area (Å²) in [5, 5.41) is 0. The number of hydrogen-bond donors (Lipinski definition) is 1. The summed E-state index contributed by atoms with van der Waals surface area (Å²) < 4.78 is 4.84. The van der Waals surface area contributed by atoms with Gasteiger partial charge in [0.1, 0.15) is 5.70 Å². The molecule has 0 saturated carbocycles. The molecule has 0 aromatic rings. The number of nitrogens with two attached hydrogens (primary N) is 1. The van der Waals surface area contributed by atoms with Crippen molar-refractivity contribution in [1.82, 2.24) is 4.90 Å². The molecule has 1 aliphatic rings. The van der Waals surface area contributed by atoms with Crippen LogP contribution in [-0.4, -0.2) is 36.5 Å². The third kappa shape index (κ3) is 2.53. The van der Waals surface area contributed by atoms with Gasteiger partial charge in [-0.25, -0.2) is 4.79 Å². The topological polar surface area (TPSA) is 72.6 Å². The van der Waals surface area contributed by atoms with Gasteiger partial charge < -0.3 is 15.4 Å². The van der Waals surface area contributed by atoms with E-state index in [1.807, 2.05) is 13.8 Å². The van der Waals surface area contributed by atoms with E-state index in [1.165, 1.54) is 0 Å². The molecule has 5 nitrogen and oxygen atoms in total. The molecule has 0 radical (unpaired) electrons. The number of nitrogens with zero attached hydrogens (tertiary/aromatic N) is 1. The molecular formula is C11H18N2O3. The second-order valence-electron chi connectivity index (χ2n) is 4.19. The number of rotatable bonds is 4. The van der Waals surface area contributed by atoms with E-state index in [0.29, 0.717) is 12.5 Å². The highest BCUT2D eigenvalue weighted by atomic mass is 16.5. The van der Waals surface area contributed by atoms with Crippen LogP contribution >= 0.6 is 0 Å². The van der Waals surface area contributed by atoms with Crippen LogP contribution in [0.15, 0.2) is 11.3 Å². The third-order valence-corrected chi connectivity index (χ3v) is 2.30. The van der Waals surface area contributed by atoms with Crippen molar-refractivity contribution in [3.63, 3.8) is 0 Å². The van der Waals surface area contributed by atoms with Crippen LogP contribution in [0.1, 0.15) is 20.8 Å². The molecule has 0 fully saturated rings. The van der Waals surface area contributed by atoms with Crippen LogP contribution in [0.4, 0.5) is 0 Å². The van der Waals surface area contributed by atoms with E-state index in [0.717, 1.165) is 0 Å². The fourth-order valence-electron chi connectivity index (χ4n) is 1.63. The van der Waals surface area contributed by atoms with Crippen LogP contribution in [0.2, 0.25) is 0 Å². The van der Waals surface area contributed by atoms with Gasteiger partial charge in [0, 0.05) is 6.54 Å². The predicted molar refractivity (Wildman–Crippen MR) is 59.3 cm³/mol. The molecule has 0 bridgehead atoms. The van der Waals surface area contributed by atoms with E-state index in [-0.39, 0.29) is 30.3 Å². The minimum atomic E-state index is -0.486. The van der Waals surface area contributed by atoms with Crippen LogP contribution in [0.25, 0.3) is 0 Å². The summed E-state index contributed by atoms with van der Waals surface area (Å²) in [7, 11) is 0. The van der Waals surface area contributed by atoms with Gasteiger partial charge in [-0.1, -0.05) is 13.8 Å². The highest BCUT2D eigenvalue weighted by Crippen LogP contribution is 2.17. The van der Waals surface area contributed by atoms with Crippen molar-refractivity contribution >= 4 is 11.9 Å². The maximum Gasteiger partial charge on any atom is 0.338 e. The average Bonchev–Trinajstić information content (AvgIpc) is 2.46. The molecule has 5 heteroatoms. The number of amides is 1. The van der Waals surface area contributed by atoms with E-state index in [9.17, 15) is 9.59 Å². The van der Waals surface area contributed by atoms with Gasteiger partial charge in [0.2, 0.25) is 0 Å². The van der Waals surface area contributed by atoms with Crippen LogP contribution < -0.4 is 5.73 Å². The number of ether oxygens (including phenoxy) is 1. The number of esters is 1. The van der Waals surface area contributed by atoms with Crippen molar-refractivity contribution < 1.29 is 14.3 Å². The van der Waals surface area contributed by atoms with Crippen LogP contribution in [0, 0.1) is 5.92 Å². The monoisotopic (exact) mass is 226 g/mol. The Morgan fingerprint density at radius 2 is 2.19 bits per heavy atom. The van der Waals surface area contributed by atoms with Gasteiger partial charge in [0.25, 0.3) is 5.91 Å². The van der Waals surface area contributed by atoms with Gasteiger partial charge >= 0.3 is 5.97 Å². The predicted octanol–water partition coefficient (Wildman–Crippen LogP) is 0.260. The first-order valence-electron chi connectivity index (χ1n) is 5.42. The van der Waals surface area contributed by atoms with Crippen LogP contribution in [0.5, 0.6) is 0 Å². The summed E-state index contributed by atoms with van der Waals surface area (Å²) in [4.78, 5) is 24.8. The minimum absolute atomic E-state index is 0.0269. The zero-order chi connectivity index (χ0) is 12.3. The van der Waals surface area contributed by atoms with Crippen molar-refractivity contribution in [1.29, 1.82) is 0 Å². The molecule has 0 atom stereocenters. The summed E-state index contributed by atoms with van der Waals surface area (Å²) in [6, 6.07) is 0. The molecule has 2 N–H and O–H groups in total. The van der Waals surface area contributed by atoms with Crippen LogP contribution in [0.3, 0.4) is 0 Å². The SMILES string of the molecule is CCOC(=O)C1=C(N)C(=O)N(CC(C)C)C1. The Morgan fingerprint density at radius 1 is 1.56 bits per heavy atom. The number of carbonyl (C=O) groups excluding carboxylic acids is 2. The van der Waals surface area contributed by atoms with Crippen molar-refractivity contribution in [2.75, 3.05) is 19.7 Å². The maximum atomic E-state index is 11.7. The Kier molecular flexibility index (Phi) is 3.93. The zero-order valence-electron chi connectivity index (χ0n) is 9.95. The smallest absolute Gasteiger partial charge is 0.338 e. The van der Waals surface area contributed by atoms with E-state index >= 15 is 0 Å². The number of carbonyl (C=O) groups is 2. The van der Waals surface area contributed by atoms with E-state index in [1.54, 1.807) is 11.8 Å². The minimum Gasteiger partial charge on any atom is -0.463 e. The standard InChI is InChI=1S/C11H18N2O3/c1-4-16-11(15)8-6-13(5-7(2)3)10(14)9(8)12/h7H,4-6,12H2,1-3H3. The molecule has 1 amide bonds. The van der Waals surface area contributed by atoms with Gasteiger partial charge in [-0.2, -0.15) is 0 Å². The fraction of sp³-hybridized carbons (Fsp3) is 0.636. The Hall–Kier alpha value is -1.52. The van der Waals surface area contributed by atoms with Crippen molar-refractivity contribution in [3.8, 4) is 0 Å². The summed E-state index contributed by atoms with van der Waals surface area (Å²) in [5.41, 5.74) is 5.92. The van der Waals surface area contributed by atoms with Gasteiger partial charge in [-0.05, 0) is 12.8 Å².